The molecule has 4 aromatic rings. The van der Waals surface area contributed by atoms with Crippen molar-refractivity contribution >= 4 is 25.7 Å². The number of ether oxygens (including phenoxy) is 7. The maximum Gasteiger partial charge on any atom is 0.476 e. The normalized spacial score (nSPS) is 17.0. The van der Waals surface area contributed by atoms with Crippen molar-refractivity contribution in [1.29, 1.82) is 0 Å². The molecule has 4 aromatic carbocycles. The van der Waals surface area contributed by atoms with Crippen LogP contribution in [-0.4, -0.2) is 93.7 Å². The molecule has 1 amide bonds. The van der Waals surface area contributed by atoms with Gasteiger partial charge in [0.25, 0.3) is 5.91 Å². The largest absolute Gasteiger partial charge is 0.476 e. The Balaban J connectivity index is 1.37. The Labute approximate surface area is 651 Å². The van der Waals surface area contributed by atoms with Gasteiger partial charge in [0, 0.05) is 24.3 Å². The van der Waals surface area contributed by atoms with Crippen LogP contribution in [0, 0.1) is 17.8 Å². The zero-order chi connectivity index (χ0) is 77.2. The van der Waals surface area contributed by atoms with E-state index in [-0.39, 0.29) is 59.0 Å². The number of carbonyl (C=O) groups excluding carboxylic acids is 3. The van der Waals surface area contributed by atoms with Gasteiger partial charge in [-0.05, 0) is 64.8 Å². The zero-order valence-electron chi connectivity index (χ0n) is 67.4. The molecule has 5 rings (SSSR count). The number of nitrogens with zero attached hydrogens (tertiary/aromatic N) is 3. The number of amides is 1. The van der Waals surface area contributed by atoms with Gasteiger partial charge in [0.2, 0.25) is 0 Å². The van der Waals surface area contributed by atoms with E-state index in [0.717, 1.165) is 105 Å². The fourth-order valence-electron chi connectivity index (χ4n) is 13.5. The van der Waals surface area contributed by atoms with E-state index in [1.165, 1.54) is 135 Å². The number of unbranched alkanes of at least 4 members (excludes halogenated alkanes) is 29. The standard InChI is InChI=1S/C89H141N4O14P/c1-73(2)51-37-27-21-15-10-7-8-13-20-26-32-50-64-91-88(96)82(72-102-89-85(92-93-90)87(101-67-78-58-44-35-45-59-78)86(100-66-77-56-42-34-43-57-77)81(106-89)71-98-65-76-54-40-33-41-55-76)107-108(97,103-68-79-60-46-36-47-61-79)104-70-80(69-99-83(94)62-48-30-24-19-14-17-23-29-39-53-75(5)6)105-84(95)63-49-31-25-18-12-9-11-16-22-28-38-52-74(3)4/h33-36,40-47,54-61,73-75,80-82,85-87,89H,7-32,37-39,48-53,62-72H2,1-6H3,(H,91,96)/t80-,81-,82-,85-,86-,87-,89+,108?/m1/s1. The molecule has 8 atom stereocenters. The predicted molar refractivity (Wildman–Crippen MR) is 433 cm³/mol. The van der Waals surface area contributed by atoms with Crippen LogP contribution in [0.25, 0.3) is 10.4 Å². The number of hydrogen-bond donors (Lipinski definition) is 1. The second kappa shape index (κ2) is 60.2. The van der Waals surface area contributed by atoms with Crippen molar-refractivity contribution in [2.24, 2.45) is 22.9 Å². The van der Waals surface area contributed by atoms with Crippen molar-refractivity contribution in [2.75, 3.05) is 33.0 Å². The Kier molecular flexibility index (Phi) is 51.9. The minimum atomic E-state index is -4.93. The summed E-state index contributed by atoms with van der Waals surface area (Å²) in [5.41, 5.74) is 13.7. The second-order valence-corrected chi connectivity index (χ2v) is 32.8. The minimum absolute atomic E-state index is 0.0170. The monoisotopic (exact) mass is 1520 g/mol. The maximum atomic E-state index is 15.7. The molecule has 0 aliphatic carbocycles. The molecule has 1 unspecified atom stereocenters. The number of phosphoric ester groups is 1. The van der Waals surface area contributed by atoms with E-state index < -0.39 is 81.7 Å². The fourth-order valence-corrected chi connectivity index (χ4v) is 14.8. The summed E-state index contributed by atoms with van der Waals surface area (Å²) in [4.78, 5) is 45.6. The van der Waals surface area contributed by atoms with E-state index in [1.54, 1.807) is 12.1 Å². The third-order valence-corrected chi connectivity index (χ3v) is 21.4. The molecule has 0 spiro atoms. The third kappa shape index (κ3) is 45.1. The van der Waals surface area contributed by atoms with Gasteiger partial charge in [0.05, 0.1) is 46.2 Å². The van der Waals surface area contributed by atoms with Gasteiger partial charge in [-0.25, -0.2) is 4.57 Å². The highest BCUT2D eigenvalue weighted by molar-refractivity contribution is 7.48. The number of phosphoric acid groups is 1. The van der Waals surface area contributed by atoms with Crippen molar-refractivity contribution in [3.8, 4) is 0 Å². The highest BCUT2D eigenvalue weighted by Gasteiger charge is 2.49. The summed E-state index contributed by atoms with van der Waals surface area (Å²) in [6, 6.07) is 36.8. The molecule has 1 saturated heterocycles. The third-order valence-electron chi connectivity index (χ3n) is 19.9. The summed E-state index contributed by atoms with van der Waals surface area (Å²) in [5.74, 6) is 0.605. The van der Waals surface area contributed by atoms with Gasteiger partial charge in [-0.1, -0.05) is 373 Å². The van der Waals surface area contributed by atoms with Crippen LogP contribution in [-0.2, 0) is 92.1 Å². The van der Waals surface area contributed by atoms with E-state index in [2.05, 4.69) is 56.9 Å². The van der Waals surface area contributed by atoms with Crippen LogP contribution >= 0.6 is 7.82 Å². The van der Waals surface area contributed by atoms with Gasteiger partial charge in [-0.3, -0.25) is 28.0 Å². The van der Waals surface area contributed by atoms with Gasteiger partial charge in [-0.15, -0.1) is 0 Å². The van der Waals surface area contributed by atoms with Crippen molar-refractivity contribution < 1.29 is 65.7 Å². The first-order chi connectivity index (χ1) is 52.7. The first-order valence-electron chi connectivity index (χ1n) is 42.2. The van der Waals surface area contributed by atoms with E-state index >= 15 is 4.57 Å². The zero-order valence-corrected chi connectivity index (χ0v) is 68.2. The summed E-state index contributed by atoms with van der Waals surface area (Å²) in [5, 5.41) is 7.29. The van der Waals surface area contributed by atoms with Crippen LogP contribution in [0.15, 0.2) is 126 Å². The molecule has 1 aliphatic heterocycles. The molecule has 1 aliphatic rings. The van der Waals surface area contributed by atoms with Crippen molar-refractivity contribution in [3.05, 3.63) is 154 Å². The lowest BCUT2D eigenvalue weighted by Crippen LogP contribution is -2.60. The fraction of sp³-hybridized carbons (Fsp3) is 0.697. The molecular weight excluding hydrogens is 1380 g/mol. The number of hydrogen-bond acceptors (Lipinski definition) is 15. The maximum absolute atomic E-state index is 15.7. The highest BCUT2D eigenvalue weighted by atomic mass is 31.2. The molecule has 1 heterocycles. The Morgan fingerprint density at radius 2 is 0.843 bits per heavy atom. The summed E-state index contributed by atoms with van der Waals surface area (Å²) in [7, 11) is -4.93. The van der Waals surface area contributed by atoms with E-state index in [1.807, 2.05) is 109 Å². The first-order valence-corrected chi connectivity index (χ1v) is 43.6. The molecule has 0 radical (unpaired) electrons. The van der Waals surface area contributed by atoms with Crippen LogP contribution in [0.4, 0.5) is 0 Å². The first kappa shape index (κ1) is 93.1. The molecule has 0 aromatic heterocycles. The summed E-state index contributed by atoms with van der Waals surface area (Å²) in [6.07, 6.45) is 33.0. The average molecular weight is 1520 g/mol. The Bertz CT molecular complexity index is 2960. The number of nitrogens with one attached hydrogen (secondary N) is 1. The molecule has 0 saturated carbocycles. The lowest BCUT2D eigenvalue weighted by Gasteiger charge is -2.44. The van der Waals surface area contributed by atoms with Crippen molar-refractivity contribution in [2.45, 2.75) is 348 Å². The van der Waals surface area contributed by atoms with Crippen LogP contribution in [0.2, 0.25) is 0 Å². The summed E-state index contributed by atoms with van der Waals surface area (Å²) >= 11 is 0. The number of carbonyl (C=O) groups is 3. The summed E-state index contributed by atoms with van der Waals surface area (Å²) in [6.45, 7) is 12.6. The van der Waals surface area contributed by atoms with Crippen molar-refractivity contribution in [1.82, 2.24) is 5.32 Å². The van der Waals surface area contributed by atoms with Gasteiger partial charge in [0.1, 0.15) is 31.0 Å². The predicted octanol–water partition coefficient (Wildman–Crippen LogP) is 23.5. The van der Waals surface area contributed by atoms with Crippen LogP contribution < -0.4 is 5.32 Å². The van der Waals surface area contributed by atoms with E-state index in [4.69, 9.17) is 46.7 Å². The van der Waals surface area contributed by atoms with E-state index in [9.17, 15) is 19.9 Å². The highest BCUT2D eigenvalue weighted by Crippen LogP contribution is 2.52. The molecule has 1 N–H and O–H groups in total. The lowest BCUT2D eigenvalue weighted by atomic mass is 9.96. The van der Waals surface area contributed by atoms with Gasteiger partial charge < -0.3 is 38.5 Å². The van der Waals surface area contributed by atoms with Gasteiger partial charge in [-0.2, -0.15) is 0 Å². The number of esters is 2. The van der Waals surface area contributed by atoms with Crippen LogP contribution in [0.5, 0.6) is 0 Å². The molecule has 108 heavy (non-hydrogen) atoms. The second-order valence-electron chi connectivity index (χ2n) is 31.1. The summed E-state index contributed by atoms with van der Waals surface area (Å²) < 4.78 is 79.8. The Morgan fingerprint density at radius 3 is 1.28 bits per heavy atom. The van der Waals surface area contributed by atoms with Gasteiger partial charge >= 0.3 is 19.8 Å². The van der Waals surface area contributed by atoms with Gasteiger partial charge in [0.15, 0.2) is 18.5 Å². The SMILES string of the molecule is CC(C)CCCCCCCCCCCCCCNC(=O)[C@@H](CO[C@H]1O[C@H](COCc2ccccc2)[C@@H](OCc2ccccc2)[C@H](OCc2ccccc2)[C@H]1N=[N+]=[N-])OP(=O)(OCc1ccccc1)OC[C@@H](COC(=O)CCCCCCCCCCCC(C)C)OC(=O)CCCCCCCCCCCCCC(C)C. The number of benzene rings is 4. The Hall–Kier alpha value is -5.49. The molecule has 606 valence electrons. The molecule has 0 bridgehead atoms. The van der Waals surface area contributed by atoms with Crippen molar-refractivity contribution in [3.63, 3.8) is 0 Å². The Morgan fingerprint density at radius 1 is 0.454 bits per heavy atom. The smallest absolute Gasteiger partial charge is 0.462 e. The van der Waals surface area contributed by atoms with Crippen LogP contribution in [0.3, 0.4) is 0 Å². The number of azide groups is 1. The van der Waals surface area contributed by atoms with E-state index in [0.29, 0.717) is 24.8 Å². The molecule has 19 heteroatoms. The topological polar surface area (TPSA) is 221 Å². The van der Waals surface area contributed by atoms with Crippen LogP contribution in [0.1, 0.15) is 301 Å². The number of rotatable bonds is 67. The average Bonchev–Trinajstić information content (AvgIpc) is 0.816. The molecule has 1 fully saturated rings. The minimum Gasteiger partial charge on any atom is -0.462 e. The molecule has 18 nitrogen and oxygen atoms in total. The lowest BCUT2D eigenvalue weighted by molar-refractivity contribution is -0.288. The molecular formula is C89H141N4O14P. The quantitative estimate of drug-likeness (QED) is 0.0108.